The first kappa shape index (κ1) is 22.5. The highest BCUT2D eigenvalue weighted by molar-refractivity contribution is 14.0. The van der Waals surface area contributed by atoms with E-state index in [4.69, 9.17) is 4.74 Å². The van der Waals surface area contributed by atoms with Gasteiger partial charge in [-0.15, -0.1) is 24.0 Å². The quantitative estimate of drug-likeness (QED) is 0.292. The highest BCUT2D eigenvalue weighted by atomic mass is 127. The largest absolute Gasteiger partial charge is 0.466 e. The summed E-state index contributed by atoms with van der Waals surface area (Å²) in [6.07, 6.45) is 4.38. The fourth-order valence-corrected chi connectivity index (χ4v) is 3.73. The van der Waals surface area contributed by atoms with Crippen LogP contribution in [0.1, 0.15) is 39.5 Å². The van der Waals surface area contributed by atoms with Crippen molar-refractivity contribution in [3.05, 3.63) is 0 Å². The lowest BCUT2D eigenvalue weighted by Gasteiger charge is -2.34. The summed E-state index contributed by atoms with van der Waals surface area (Å²) >= 11 is 0. The summed E-state index contributed by atoms with van der Waals surface area (Å²) in [6, 6.07) is 0. The predicted molar refractivity (Wildman–Crippen MR) is 113 cm³/mol. The number of hydrogen-bond donors (Lipinski definition) is 1. The van der Waals surface area contributed by atoms with Crippen LogP contribution >= 0.6 is 24.0 Å². The predicted octanol–water partition coefficient (Wildman–Crippen LogP) is 2.19. The van der Waals surface area contributed by atoms with E-state index in [0.29, 0.717) is 6.61 Å². The first-order valence-corrected chi connectivity index (χ1v) is 9.48. The molecule has 2 rings (SSSR count). The third kappa shape index (κ3) is 7.29. The summed E-state index contributed by atoms with van der Waals surface area (Å²) < 4.78 is 5.14. The lowest BCUT2D eigenvalue weighted by molar-refractivity contribution is -0.149. The van der Waals surface area contributed by atoms with Crippen LogP contribution in [0.25, 0.3) is 0 Å². The van der Waals surface area contributed by atoms with Gasteiger partial charge in [0.1, 0.15) is 0 Å². The topological polar surface area (TPSA) is 57.2 Å². The van der Waals surface area contributed by atoms with E-state index in [0.717, 1.165) is 50.9 Å². The van der Waals surface area contributed by atoms with Crippen molar-refractivity contribution < 1.29 is 9.53 Å². The first-order valence-electron chi connectivity index (χ1n) is 9.48. The molecular weight excluding hydrogens is 431 g/mol. The summed E-state index contributed by atoms with van der Waals surface area (Å²) in [5.41, 5.74) is 0. The number of aliphatic imine (C=N–C) groups is 1. The van der Waals surface area contributed by atoms with Crippen molar-refractivity contribution in [2.45, 2.75) is 39.5 Å². The van der Waals surface area contributed by atoms with Gasteiger partial charge in [0.25, 0.3) is 0 Å². The molecule has 7 heteroatoms. The number of nitrogens with zero attached hydrogens (tertiary/aromatic N) is 3. The van der Waals surface area contributed by atoms with Crippen LogP contribution in [-0.4, -0.2) is 74.7 Å². The summed E-state index contributed by atoms with van der Waals surface area (Å²) in [5, 5.41) is 3.49. The van der Waals surface area contributed by atoms with Crippen molar-refractivity contribution in [2.24, 2.45) is 16.8 Å². The molecule has 1 N–H and O–H groups in total. The molecule has 0 saturated carbocycles. The number of nitrogens with one attached hydrogen (secondary N) is 1. The molecule has 0 aliphatic carbocycles. The molecule has 0 radical (unpaired) electrons. The van der Waals surface area contributed by atoms with Gasteiger partial charge in [-0.05, 0) is 45.1 Å². The van der Waals surface area contributed by atoms with Gasteiger partial charge in [0.05, 0.1) is 12.5 Å². The molecule has 2 aliphatic rings. The number of halogens is 1. The average molecular weight is 466 g/mol. The number of esters is 1. The Labute approximate surface area is 169 Å². The van der Waals surface area contributed by atoms with E-state index < -0.39 is 0 Å². The van der Waals surface area contributed by atoms with Crippen LogP contribution in [-0.2, 0) is 9.53 Å². The molecule has 1 atom stereocenters. The molecule has 0 aromatic heterocycles. The van der Waals surface area contributed by atoms with Crippen molar-refractivity contribution in [3.63, 3.8) is 0 Å². The molecule has 146 valence electrons. The van der Waals surface area contributed by atoms with Gasteiger partial charge in [-0.2, -0.15) is 0 Å². The maximum atomic E-state index is 11.8. The molecule has 2 fully saturated rings. The van der Waals surface area contributed by atoms with Gasteiger partial charge in [-0.3, -0.25) is 9.79 Å². The Bertz CT molecular complexity index is 425. The smallest absolute Gasteiger partial charge is 0.309 e. The summed E-state index contributed by atoms with van der Waals surface area (Å²) in [4.78, 5) is 21.0. The van der Waals surface area contributed by atoms with Crippen LogP contribution in [0.3, 0.4) is 0 Å². The zero-order valence-electron chi connectivity index (χ0n) is 16.0. The third-order valence-corrected chi connectivity index (χ3v) is 5.08. The molecule has 25 heavy (non-hydrogen) atoms. The van der Waals surface area contributed by atoms with Crippen LogP contribution in [0.5, 0.6) is 0 Å². The van der Waals surface area contributed by atoms with E-state index in [2.05, 4.69) is 27.0 Å². The Morgan fingerprint density at radius 1 is 1.24 bits per heavy atom. The van der Waals surface area contributed by atoms with Gasteiger partial charge in [-0.25, -0.2) is 0 Å². The Kier molecular flexibility index (Phi) is 10.7. The lowest BCUT2D eigenvalue weighted by atomic mass is 9.97. The Balaban J connectivity index is 0.00000312. The maximum Gasteiger partial charge on any atom is 0.309 e. The van der Waals surface area contributed by atoms with Gasteiger partial charge in [-0.1, -0.05) is 6.92 Å². The van der Waals surface area contributed by atoms with E-state index in [9.17, 15) is 4.79 Å². The molecule has 0 spiro atoms. The number of hydrogen-bond acceptors (Lipinski definition) is 4. The first-order chi connectivity index (χ1) is 11.6. The molecule has 0 aromatic rings. The molecule has 0 amide bonds. The molecular formula is C18H35IN4O2. The second-order valence-electron chi connectivity index (χ2n) is 7.04. The second-order valence-corrected chi connectivity index (χ2v) is 7.04. The molecule has 6 nitrogen and oxygen atoms in total. The van der Waals surface area contributed by atoms with Crippen LogP contribution in [0.15, 0.2) is 4.99 Å². The normalized spacial score (nSPS) is 23.1. The minimum atomic E-state index is -0.0423. The fraction of sp³-hybridized carbons (Fsp3) is 0.889. The summed E-state index contributed by atoms with van der Waals surface area (Å²) in [7, 11) is 1.84. The van der Waals surface area contributed by atoms with Crippen LogP contribution in [0.4, 0.5) is 0 Å². The Hall–Kier alpha value is -0.570. The number of likely N-dealkylation sites (tertiary alicyclic amines) is 2. The van der Waals surface area contributed by atoms with Crippen LogP contribution in [0, 0.1) is 11.8 Å². The van der Waals surface area contributed by atoms with Crippen molar-refractivity contribution in [3.8, 4) is 0 Å². The Morgan fingerprint density at radius 3 is 2.56 bits per heavy atom. The monoisotopic (exact) mass is 466 g/mol. The van der Waals surface area contributed by atoms with E-state index in [1.54, 1.807) is 0 Å². The van der Waals surface area contributed by atoms with E-state index in [1.165, 1.54) is 25.9 Å². The molecule has 2 aliphatic heterocycles. The third-order valence-electron chi connectivity index (χ3n) is 5.08. The van der Waals surface area contributed by atoms with E-state index in [1.807, 2.05) is 14.0 Å². The standard InChI is InChI=1S/C18H34N4O2.HI/c1-4-24-17(23)16-7-11-22(12-8-16)18(19-3)20-9-13-21-10-5-6-15(2)14-21;/h15-16H,4-14H2,1-3H3,(H,19,20);1H. The maximum absolute atomic E-state index is 11.8. The Morgan fingerprint density at radius 2 is 1.96 bits per heavy atom. The highest BCUT2D eigenvalue weighted by Gasteiger charge is 2.27. The van der Waals surface area contributed by atoms with Crippen molar-refractivity contribution in [1.29, 1.82) is 0 Å². The van der Waals surface area contributed by atoms with Crippen molar-refractivity contribution in [2.75, 3.05) is 52.9 Å². The number of guanidine groups is 1. The van der Waals surface area contributed by atoms with Gasteiger partial charge in [0, 0.05) is 39.8 Å². The second kappa shape index (κ2) is 11.9. The molecule has 0 aromatic carbocycles. The van der Waals surface area contributed by atoms with Gasteiger partial charge < -0.3 is 19.9 Å². The number of rotatable bonds is 5. The van der Waals surface area contributed by atoms with Crippen LogP contribution in [0.2, 0.25) is 0 Å². The van der Waals surface area contributed by atoms with Crippen molar-refractivity contribution in [1.82, 2.24) is 15.1 Å². The summed E-state index contributed by atoms with van der Waals surface area (Å²) in [6.45, 7) is 10.8. The average Bonchev–Trinajstić information content (AvgIpc) is 2.59. The number of piperidine rings is 2. The zero-order chi connectivity index (χ0) is 17.4. The van der Waals surface area contributed by atoms with Crippen molar-refractivity contribution >= 4 is 35.9 Å². The highest BCUT2D eigenvalue weighted by Crippen LogP contribution is 2.19. The SMILES string of the molecule is CCOC(=O)C1CCN(C(=NC)NCCN2CCCC(C)C2)CC1.I. The van der Waals surface area contributed by atoms with Gasteiger partial charge >= 0.3 is 5.97 Å². The minimum absolute atomic E-state index is 0. The molecule has 2 heterocycles. The number of carbonyl (C=O) groups is 1. The lowest BCUT2D eigenvalue weighted by Crippen LogP contribution is -2.48. The fourth-order valence-electron chi connectivity index (χ4n) is 3.73. The molecule has 1 unspecified atom stereocenters. The van der Waals surface area contributed by atoms with Crippen LogP contribution < -0.4 is 5.32 Å². The van der Waals surface area contributed by atoms with Gasteiger partial charge in [0.2, 0.25) is 0 Å². The minimum Gasteiger partial charge on any atom is -0.466 e. The molecule has 2 saturated heterocycles. The number of carbonyl (C=O) groups excluding carboxylic acids is 1. The summed E-state index contributed by atoms with van der Waals surface area (Å²) in [5.74, 6) is 1.79. The zero-order valence-corrected chi connectivity index (χ0v) is 18.3. The van der Waals surface area contributed by atoms with E-state index in [-0.39, 0.29) is 35.9 Å². The molecule has 0 bridgehead atoms. The van der Waals surface area contributed by atoms with E-state index >= 15 is 0 Å². The van der Waals surface area contributed by atoms with Gasteiger partial charge in [0.15, 0.2) is 5.96 Å². The number of ether oxygens (including phenoxy) is 1.